The van der Waals surface area contributed by atoms with Crippen LogP contribution < -0.4 is 0 Å². The maximum Gasteiger partial charge on any atom is 0.303 e. The number of aromatic nitrogens is 1. The van der Waals surface area contributed by atoms with Crippen LogP contribution in [-0.4, -0.2) is 15.6 Å². The molecular weight excluding hydrogens is 422 g/mol. The Balaban J connectivity index is 1.88. The summed E-state index contributed by atoms with van der Waals surface area (Å²) >= 11 is 5.23. The van der Waals surface area contributed by atoms with Gasteiger partial charge in [-0.1, -0.05) is 48.5 Å². The summed E-state index contributed by atoms with van der Waals surface area (Å²) in [6.45, 7) is 0. The number of benzene rings is 2. The molecule has 4 rings (SSSR count). The van der Waals surface area contributed by atoms with Crippen LogP contribution in [0.15, 0.2) is 76.7 Å². The van der Waals surface area contributed by atoms with Gasteiger partial charge in [0.25, 0.3) is 0 Å². The number of carboxylic acids is 1. The average molecular weight is 440 g/mol. The number of hydrogen-bond donors (Lipinski definition) is 1. The number of halogens is 1. The number of hydrogen-bond acceptors (Lipinski definition) is 2. The van der Waals surface area contributed by atoms with Gasteiger partial charge in [0.05, 0.1) is 9.30 Å². The average Bonchev–Trinajstić information content (AvgIpc) is 3.27. The third-order valence-corrected chi connectivity index (χ3v) is 6.39. The molecule has 0 fully saturated rings. The lowest BCUT2D eigenvalue weighted by molar-refractivity contribution is -0.137. The van der Waals surface area contributed by atoms with E-state index in [1.807, 2.05) is 36.4 Å². The van der Waals surface area contributed by atoms with Crippen molar-refractivity contribution < 1.29 is 9.90 Å². The lowest BCUT2D eigenvalue weighted by Gasteiger charge is -2.16. The van der Waals surface area contributed by atoms with Crippen molar-refractivity contribution in [1.29, 1.82) is 0 Å². The molecule has 4 aromatic rings. The van der Waals surface area contributed by atoms with Gasteiger partial charge in [0.1, 0.15) is 5.00 Å². The van der Waals surface area contributed by atoms with Gasteiger partial charge >= 0.3 is 5.97 Å². The number of fused-ring (bicyclic) bond motifs is 1. The molecule has 136 valence electrons. The Morgan fingerprint density at radius 1 is 1.04 bits per heavy atom. The molecule has 0 spiro atoms. The van der Waals surface area contributed by atoms with E-state index in [4.69, 9.17) is 0 Å². The van der Waals surface area contributed by atoms with E-state index in [0.29, 0.717) is 6.42 Å². The summed E-state index contributed by atoms with van der Waals surface area (Å²) < 4.78 is 3.29. The van der Waals surface area contributed by atoms with E-state index >= 15 is 0 Å². The van der Waals surface area contributed by atoms with Crippen LogP contribution in [-0.2, 0) is 4.79 Å². The van der Waals surface area contributed by atoms with E-state index in [0.717, 1.165) is 19.9 Å². The third kappa shape index (κ3) is 3.70. The van der Waals surface area contributed by atoms with Gasteiger partial charge in [-0.25, -0.2) is 0 Å². The largest absolute Gasteiger partial charge is 0.481 e. The summed E-state index contributed by atoms with van der Waals surface area (Å²) in [6, 6.07) is 22.7. The van der Waals surface area contributed by atoms with Crippen LogP contribution in [0.2, 0.25) is 0 Å². The summed E-state index contributed by atoms with van der Waals surface area (Å²) in [4.78, 5) is 11.3. The minimum atomic E-state index is -0.762. The normalized spacial score (nSPS) is 12.3. The van der Waals surface area contributed by atoms with E-state index in [9.17, 15) is 9.90 Å². The molecule has 0 aliphatic heterocycles. The second-order valence-corrected chi connectivity index (χ2v) is 8.89. The molecular formula is C22H18BrNO2S. The van der Waals surface area contributed by atoms with Gasteiger partial charge in [0.15, 0.2) is 0 Å². The van der Waals surface area contributed by atoms with Crippen LogP contribution in [0.1, 0.15) is 29.9 Å². The molecule has 2 aromatic heterocycles. The second kappa shape index (κ2) is 7.71. The van der Waals surface area contributed by atoms with Crippen molar-refractivity contribution >= 4 is 44.1 Å². The van der Waals surface area contributed by atoms with E-state index in [2.05, 4.69) is 57.0 Å². The topological polar surface area (TPSA) is 42.2 Å². The van der Waals surface area contributed by atoms with Gasteiger partial charge in [-0.3, -0.25) is 4.79 Å². The van der Waals surface area contributed by atoms with Gasteiger partial charge in [-0.2, -0.15) is 0 Å². The lowest BCUT2D eigenvalue weighted by Crippen LogP contribution is -2.05. The summed E-state index contributed by atoms with van der Waals surface area (Å²) in [5, 5.41) is 11.5. The van der Waals surface area contributed by atoms with Gasteiger partial charge in [0.2, 0.25) is 0 Å². The van der Waals surface area contributed by atoms with Crippen LogP contribution in [0.25, 0.3) is 15.9 Å². The Kier molecular flexibility index (Phi) is 5.14. The molecule has 0 amide bonds. The first-order valence-corrected chi connectivity index (χ1v) is 10.4. The molecule has 3 nitrogen and oxygen atoms in total. The minimum absolute atomic E-state index is 0.0388. The van der Waals surface area contributed by atoms with E-state index in [1.165, 1.54) is 10.9 Å². The zero-order chi connectivity index (χ0) is 18.8. The molecule has 0 bridgehead atoms. The van der Waals surface area contributed by atoms with E-state index in [1.54, 1.807) is 11.3 Å². The number of thiophene rings is 1. The zero-order valence-corrected chi connectivity index (χ0v) is 16.9. The van der Waals surface area contributed by atoms with Crippen molar-refractivity contribution in [2.24, 2.45) is 0 Å². The van der Waals surface area contributed by atoms with Crippen LogP contribution in [0, 0.1) is 0 Å². The van der Waals surface area contributed by atoms with Crippen molar-refractivity contribution in [1.82, 2.24) is 4.57 Å². The highest BCUT2D eigenvalue weighted by molar-refractivity contribution is 9.11. The molecule has 27 heavy (non-hydrogen) atoms. The highest BCUT2D eigenvalue weighted by Crippen LogP contribution is 2.38. The first kappa shape index (κ1) is 18.0. The fraction of sp³-hybridized carbons (Fsp3) is 0.136. The Hall–Kier alpha value is -2.37. The molecule has 0 aliphatic carbocycles. The summed E-state index contributed by atoms with van der Waals surface area (Å²) in [6.07, 6.45) is 2.88. The van der Waals surface area contributed by atoms with Crippen molar-refractivity contribution in [2.45, 2.75) is 18.8 Å². The number of aliphatic carboxylic acids is 1. The lowest BCUT2D eigenvalue weighted by atomic mass is 9.87. The summed E-state index contributed by atoms with van der Waals surface area (Å²) in [7, 11) is 0. The van der Waals surface area contributed by atoms with Crippen molar-refractivity contribution in [3.05, 3.63) is 87.8 Å². The molecule has 0 aliphatic rings. The first-order valence-electron chi connectivity index (χ1n) is 8.76. The van der Waals surface area contributed by atoms with Gasteiger partial charge < -0.3 is 9.67 Å². The van der Waals surface area contributed by atoms with Crippen molar-refractivity contribution in [2.75, 3.05) is 0 Å². The van der Waals surface area contributed by atoms with Crippen LogP contribution >= 0.6 is 27.3 Å². The highest BCUT2D eigenvalue weighted by atomic mass is 79.9. The SMILES string of the molecule is O=C(O)CCC(c1ccccc1)c1cn(-c2ccc(Br)s2)c2ccccc12. The van der Waals surface area contributed by atoms with Gasteiger partial charge in [0, 0.05) is 23.9 Å². The predicted molar refractivity (Wildman–Crippen MR) is 114 cm³/mol. The van der Waals surface area contributed by atoms with Gasteiger partial charge in [-0.05, 0) is 51.7 Å². The molecule has 0 saturated heterocycles. The fourth-order valence-corrected chi connectivity index (χ4v) is 4.91. The Morgan fingerprint density at radius 2 is 1.78 bits per heavy atom. The number of carbonyl (C=O) groups is 1. The molecule has 1 atom stereocenters. The molecule has 5 heteroatoms. The standard InChI is InChI=1S/C22H18BrNO2S/c23-20-11-12-21(27-20)24-14-18(17-8-4-5-9-19(17)24)16(10-13-22(25)26)15-6-2-1-3-7-15/h1-9,11-12,14,16H,10,13H2,(H,25,26). The molecule has 0 radical (unpaired) electrons. The quantitative estimate of drug-likeness (QED) is 0.374. The molecule has 2 aromatic carbocycles. The van der Waals surface area contributed by atoms with E-state index < -0.39 is 5.97 Å². The van der Waals surface area contributed by atoms with Crippen molar-refractivity contribution in [3.8, 4) is 5.00 Å². The fourth-order valence-electron chi connectivity index (χ4n) is 3.56. The van der Waals surface area contributed by atoms with Crippen LogP contribution in [0.5, 0.6) is 0 Å². The maximum atomic E-state index is 11.3. The van der Waals surface area contributed by atoms with Crippen LogP contribution in [0.4, 0.5) is 0 Å². The zero-order valence-electron chi connectivity index (χ0n) is 14.5. The number of rotatable bonds is 6. The Bertz CT molecular complexity index is 1080. The van der Waals surface area contributed by atoms with Crippen LogP contribution in [0.3, 0.4) is 0 Å². The number of para-hydroxylation sites is 1. The molecule has 1 N–H and O–H groups in total. The minimum Gasteiger partial charge on any atom is -0.481 e. The predicted octanol–water partition coefficient (Wildman–Crippen LogP) is 6.45. The molecule has 1 unspecified atom stereocenters. The monoisotopic (exact) mass is 439 g/mol. The third-order valence-electron chi connectivity index (χ3n) is 4.76. The summed E-state index contributed by atoms with van der Waals surface area (Å²) in [5.41, 5.74) is 3.45. The number of carboxylic acid groups (broad SMARTS) is 1. The van der Waals surface area contributed by atoms with Gasteiger partial charge in [-0.15, -0.1) is 11.3 Å². The Morgan fingerprint density at radius 3 is 2.48 bits per heavy atom. The van der Waals surface area contributed by atoms with E-state index in [-0.39, 0.29) is 12.3 Å². The smallest absolute Gasteiger partial charge is 0.303 e. The Labute approximate surface area is 170 Å². The molecule has 0 saturated carbocycles. The number of nitrogens with zero attached hydrogens (tertiary/aromatic N) is 1. The molecule has 2 heterocycles. The summed E-state index contributed by atoms with van der Waals surface area (Å²) in [5.74, 6) is -0.723. The highest BCUT2D eigenvalue weighted by Gasteiger charge is 2.21. The second-order valence-electron chi connectivity index (χ2n) is 6.45. The first-order chi connectivity index (χ1) is 13.1. The maximum absolute atomic E-state index is 11.3. The van der Waals surface area contributed by atoms with Crippen molar-refractivity contribution in [3.63, 3.8) is 0 Å².